The maximum absolute atomic E-state index is 13.8. The molecule has 1 saturated heterocycles. The number of benzene rings is 1. The van der Waals surface area contributed by atoms with Crippen molar-refractivity contribution >= 4 is 24.2 Å². The maximum atomic E-state index is 13.8. The largest absolute Gasteiger partial charge is 0.510 e. The first kappa shape index (κ1) is 22.4. The minimum Gasteiger partial charge on any atom is -0.445 e. The summed E-state index contributed by atoms with van der Waals surface area (Å²) in [7, 11) is 0. The Bertz CT molecular complexity index is 753. The second kappa shape index (κ2) is 7.85. The van der Waals surface area contributed by atoms with Crippen LogP contribution in [0.25, 0.3) is 0 Å². The van der Waals surface area contributed by atoms with Crippen LogP contribution in [0.3, 0.4) is 0 Å². The highest BCUT2D eigenvalue weighted by Crippen LogP contribution is 2.32. The summed E-state index contributed by atoms with van der Waals surface area (Å²) in [6.07, 6.45) is -0.397. The van der Waals surface area contributed by atoms with E-state index in [2.05, 4.69) is 0 Å². The maximum Gasteiger partial charge on any atom is 0.510 e. The molecule has 0 bridgehead atoms. The molecule has 2 N–H and O–H groups in total. The second-order valence-electron chi connectivity index (χ2n) is 8.35. The third kappa shape index (κ3) is 4.56. The lowest BCUT2D eigenvalue weighted by Gasteiger charge is -2.40. The highest BCUT2D eigenvalue weighted by atomic mass is 19.4. The number of carbonyl (C=O) groups excluding carboxylic acids is 1. The highest BCUT2D eigenvalue weighted by molar-refractivity contribution is 6.74. The summed E-state index contributed by atoms with van der Waals surface area (Å²) in [5.41, 5.74) is 7.03. The molecule has 0 radical (unpaired) electrons. The van der Waals surface area contributed by atoms with Crippen molar-refractivity contribution < 1.29 is 22.5 Å². The van der Waals surface area contributed by atoms with E-state index in [1.54, 1.807) is 25.7 Å². The van der Waals surface area contributed by atoms with Crippen molar-refractivity contribution in [3.8, 4) is 0 Å². The molecule has 5 nitrogen and oxygen atoms in total. The average Bonchev–Trinajstić information content (AvgIpc) is 2.52. The Morgan fingerprint density at radius 3 is 2.00 bits per heavy atom. The first-order valence-electron chi connectivity index (χ1n) is 9.53. The summed E-state index contributed by atoms with van der Waals surface area (Å²) < 4.78 is 46.7. The summed E-state index contributed by atoms with van der Waals surface area (Å²) >= 11 is 0. The van der Waals surface area contributed by atoms with Crippen molar-refractivity contribution in [2.75, 3.05) is 31.1 Å². The number of hydrogen-bond acceptors (Lipinski definition) is 4. The lowest BCUT2D eigenvalue weighted by molar-refractivity contribution is 0.0240. The molecule has 9 heteroatoms. The molecule has 28 heavy (non-hydrogen) atoms. The Morgan fingerprint density at radius 2 is 1.57 bits per heavy atom. The van der Waals surface area contributed by atoms with E-state index in [0.717, 1.165) is 5.56 Å². The van der Waals surface area contributed by atoms with E-state index < -0.39 is 24.1 Å². The fourth-order valence-corrected chi connectivity index (χ4v) is 3.99. The number of hydrogen-bond donors (Lipinski definition) is 1. The first-order valence-corrected chi connectivity index (χ1v) is 9.53. The van der Waals surface area contributed by atoms with Crippen molar-refractivity contribution in [3.05, 3.63) is 22.3 Å². The Hall–Kier alpha value is -1.90. The zero-order chi connectivity index (χ0) is 21.4. The normalized spacial score (nSPS) is 15.8. The van der Waals surface area contributed by atoms with Crippen LogP contribution >= 0.6 is 0 Å². The van der Waals surface area contributed by atoms with Crippen molar-refractivity contribution in [1.82, 2.24) is 4.90 Å². The van der Waals surface area contributed by atoms with Crippen LogP contribution in [0.5, 0.6) is 0 Å². The van der Waals surface area contributed by atoms with Gasteiger partial charge in [-0.2, -0.15) is 0 Å². The van der Waals surface area contributed by atoms with Crippen molar-refractivity contribution in [2.45, 2.75) is 53.7 Å². The Labute approximate surface area is 165 Å². The van der Waals surface area contributed by atoms with E-state index in [9.17, 15) is 17.7 Å². The van der Waals surface area contributed by atoms with E-state index in [4.69, 9.17) is 10.5 Å². The number of nitrogens with zero attached hydrogens (tertiary/aromatic N) is 2. The van der Waals surface area contributed by atoms with Gasteiger partial charge in [0.1, 0.15) is 5.60 Å². The highest BCUT2D eigenvalue weighted by Gasteiger charge is 2.34. The van der Waals surface area contributed by atoms with Crippen LogP contribution < -0.4 is 16.1 Å². The van der Waals surface area contributed by atoms with Crippen molar-refractivity contribution in [2.24, 2.45) is 5.73 Å². The third-order valence-corrected chi connectivity index (χ3v) is 5.20. The molecule has 1 aliphatic heterocycles. The predicted molar refractivity (Wildman–Crippen MR) is 107 cm³/mol. The molecule has 1 heterocycles. The SMILES string of the molecule is Cc1c(CN)c(C)c([B-](F)(F)F)c(C)c1N1CCN(C(=O)OC(C)(C)C)CC1. The van der Waals surface area contributed by atoms with E-state index in [0.29, 0.717) is 37.4 Å². The molecule has 0 saturated carbocycles. The number of ether oxygens (including phenoxy) is 1. The van der Waals surface area contributed by atoms with E-state index in [-0.39, 0.29) is 17.7 Å². The van der Waals surface area contributed by atoms with Gasteiger partial charge in [-0.15, -0.1) is 5.46 Å². The topological polar surface area (TPSA) is 58.8 Å². The quantitative estimate of drug-likeness (QED) is 0.792. The zero-order valence-corrected chi connectivity index (χ0v) is 17.5. The van der Waals surface area contributed by atoms with E-state index in [1.165, 1.54) is 13.8 Å². The molecule has 1 aromatic carbocycles. The summed E-state index contributed by atoms with van der Waals surface area (Å²) in [5.74, 6) is 0. The number of rotatable bonds is 3. The van der Waals surface area contributed by atoms with Gasteiger partial charge in [0, 0.05) is 38.4 Å². The van der Waals surface area contributed by atoms with Gasteiger partial charge in [0.15, 0.2) is 0 Å². The van der Waals surface area contributed by atoms with Gasteiger partial charge in [0.2, 0.25) is 0 Å². The van der Waals surface area contributed by atoms with Crippen LogP contribution in [0.1, 0.15) is 43.0 Å². The molecule has 1 aliphatic rings. The predicted octanol–water partition coefficient (Wildman–Crippen LogP) is 3.18. The molecule has 0 spiro atoms. The second-order valence-corrected chi connectivity index (χ2v) is 8.35. The summed E-state index contributed by atoms with van der Waals surface area (Å²) in [6.45, 7) is 6.83. The van der Waals surface area contributed by atoms with Gasteiger partial charge in [0.25, 0.3) is 0 Å². The molecule has 1 aromatic rings. The van der Waals surface area contributed by atoms with Crippen LogP contribution in [0, 0.1) is 20.8 Å². The molecule has 158 valence electrons. The fourth-order valence-electron chi connectivity index (χ4n) is 3.99. The number of amides is 1. The van der Waals surface area contributed by atoms with Crippen LogP contribution in [0.4, 0.5) is 23.4 Å². The number of nitrogens with two attached hydrogens (primary N) is 1. The number of halogens is 3. The summed E-state index contributed by atoms with van der Waals surface area (Å²) in [4.78, 5) is 15.8. The molecule has 0 aliphatic carbocycles. The van der Waals surface area contributed by atoms with Gasteiger partial charge in [-0.1, -0.05) is 11.1 Å². The van der Waals surface area contributed by atoms with Gasteiger partial charge >= 0.3 is 13.1 Å². The van der Waals surface area contributed by atoms with Crippen molar-refractivity contribution in [3.63, 3.8) is 0 Å². The van der Waals surface area contributed by atoms with Crippen LogP contribution in [-0.2, 0) is 11.3 Å². The Kier molecular flexibility index (Phi) is 6.28. The van der Waals surface area contributed by atoms with Crippen LogP contribution in [-0.4, -0.2) is 49.8 Å². The van der Waals surface area contributed by atoms with Crippen molar-refractivity contribution in [1.29, 1.82) is 0 Å². The van der Waals surface area contributed by atoms with Gasteiger partial charge in [-0.05, 0) is 52.7 Å². The minimum absolute atomic E-state index is 0.0575. The molecule has 0 unspecified atom stereocenters. The summed E-state index contributed by atoms with van der Waals surface area (Å²) in [5, 5.41) is 0. The molecular weight excluding hydrogens is 370 g/mol. The zero-order valence-electron chi connectivity index (χ0n) is 17.5. The Morgan fingerprint density at radius 1 is 1.04 bits per heavy atom. The lowest BCUT2D eigenvalue weighted by atomic mass is 9.71. The number of anilines is 1. The monoisotopic (exact) mass is 400 g/mol. The van der Waals surface area contributed by atoms with E-state index in [1.807, 2.05) is 11.8 Å². The standard InChI is InChI=1S/C19H30BF3N3O2/c1-12-15(11-24)13(2)17(14(3)16(12)20(21,22)23)25-7-9-26(10-8-25)18(27)28-19(4,5)6/h7-11,24H2,1-6H3/q-1. The molecule has 1 fully saturated rings. The van der Waals surface area contributed by atoms with E-state index >= 15 is 0 Å². The lowest BCUT2D eigenvalue weighted by Crippen LogP contribution is -2.51. The fraction of sp³-hybridized carbons (Fsp3) is 0.632. The van der Waals surface area contributed by atoms with Gasteiger partial charge in [-0.25, -0.2) is 4.79 Å². The molecular formula is C19H30BF3N3O2-. The summed E-state index contributed by atoms with van der Waals surface area (Å²) in [6, 6.07) is 0. The van der Waals surface area contributed by atoms with Crippen LogP contribution in [0.2, 0.25) is 0 Å². The van der Waals surface area contributed by atoms with Gasteiger partial charge in [0.05, 0.1) is 0 Å². The first-order chi connectivity index (χ1) is 12.8. The minimum atomic E-state index is -5.15. The molecule has 1 amide bonds. The smallest absolute Gasteiger partial charge is 0.445 e. The average molecular weight is 400 g/mol. The third-order valence-electron chi connectivity index (χ3n) is 5.20. The van der Waals surface area contributed by atoms with Gasteiger partial charge < -0.3 is 33.2 Å². The molecule has 0 atom stereocenters. The van der Waals surface area contributed by atoms with Crippen LogP contribution in [0.15, 0.2) is 0 Å². The number of carbonyl (C=O) groups is 1. The molecule has 2 rings (SSSR count). The van der Waals surface area contributed by atoms with Gasteiger partial charge in [-0.3, -0.25) is 0 Å². The Balaban J connectivity index is 2.34. The number of piperazine rings is 1. The molecule has 0 aromatic heterocycles.